The standard InChI is InChI=1S/C8H12N2O2S2/c1-2-12-7(11)4-3-5-13-8-10-9-6-14-8/h6H,2-5H2,1H3. The van der Waals surface area contributed by atoms with Gasteiger partial charge in [-0.05, 0) is 13.3 Å². The van der Waals surface area contributed by atoms with Gasteiger partial charge < -0.3 is 4.74 Å². The molecule has 1 rings (SSSR count). The maximum atomic E-state index is 10.9. The molecular formula is C8H12N2O2S2. The Kier molecular flexibility index (Phi) is 5.55. The molecule has 0 aromatic carbocycles. The molecule has 0 saturated carbocycles. The highest BCUT2D eigenvalue weighted by Crippen LogP contribution is 2.19. The Balaban J connectivity index is 2.02. The molecule has 0 aliphatic heterocycles. The van der Waals surface area contributed by atoms with Crippen molar-refractivity contribution in [2.75, 3.05) is 12.4 Å². The summed E-state index contributed by atoms with van der Waals surface area (Å²) in [6.45, 7) is 2.27. The minimum Gasteiger partial charge on any atom is -0.466 e. The number of ether oxygens (including phenoxy) is 1. The minimum absolute atomic E-state index is 0.120. The van der Waals surface area contributed by atoms with Crippen LogP contribution in [0.15, 0.2) is 9.85 Å². The van der Waals surface area contributed by atoms with E-state index in [4.69, 9.17) is 4.74 Å². The van der Waals surface area contributed by atoms with Crippen molar-refractivity contribution in [3.63, 3.8) is 0 Å². The Bertz CT molecular complexity index is 264. The van der Waals surface area contributed by atoms with Crippen LogP contribution in [-0.4, -0.2) is 28.5 Å². The first-order chi connectivity index (χ1) is 6.83. The minimum atomic E-state index is -0.120. The van der Waals surface area contributed by atoms with Crippen LogP contribution in [0.4, 0.5) is 0 Å². The van der Waals surface area contributed by atoms with Gasteiger partial charge in [0.25, 0.3) is 0 Å². The summed E-state index contributed by atoms with van der Waals surface area (Å²) in [7, 11) is 0. The predicted molar refractivity (Wildman–Crippen MR) is 56.5 cm³/mol. The van der Waals surface area contributed by atoms with Crippen LogP contribution in [0.25, 0.3) is 0 Å². The van der Waals surface area contributed by atoms with E-state index in [-0.39, 0.29) is 5.97 Å². The molecular weight excluding hydrogens is 220 g/mol. The second kappa shape index (κ2) is 6.78. The Hall–Kier alpha value is -0.620. The van der Waals surface area contributed by atoms with Gasteiger partial charge in [-0.3, -0.25) is 4.79 Å². The van der Waals surface area contributed by atoms with Crippen LogP contribution < -0.4 is 0 Å². The Morgan fingerprint density at radius 1 is 1.71 bits per heavy atom. The van der Waals surface area contributed by atoms with Gasteiger partial charge in [-0.2, -0.15) is 0 Å². The summed E-state index contributed by atoms with van der Waals surface area (Å²) < 4.78 is 5.76. The SMILES string of the molecule is CCOC(=O)CCCSc1nncs1. The Labute approximate surface area is 91.1 Å². The normalized spacial score (nSPS) is 10.1. The molecule has 14 heavy (non-hydrogen) atoms. The van der Waals surface area contributed by atoms with E-state index in [0.29, 0.717) is 13.0 Å². The molecule has 1 heterocycles. The largest absolute Gasteiger partial charge is 0.466 e. The first-order valence-electron chi connectivity index (χ1n) is 4.37. The van der Waals surface area contributed by atoms with Crippen molar-refractivity contribution < 1.29 is 9.53 Å². The van der Waals surface area contributed by atoms with Crippen molar-refractivity contribution in [1.82, 2.24) is 10.2 Å². The van der Waals surface area contributed by atoms with Crippen LogP contribution in [0.2, 0.25) is 0 Å². The lowest BCUT2D eigenvalue weighted by Gasteiger charge is -1.99. The number of hydrogen-bond acceptors (Lipinski definition) is 6. The summed E-state index contributed by atoms with van der Waals surface area (Å²) in [4.78, 5) is 10.9. The summed E-state index contributed by atoms with van der Waals surface area (Å²) in [6, 6.07) is 0. The van der Waals surface area contributed by atoms with Crippen molar-refractivity contribution in [1.29, 1.82) is 0 Å². The van der Waals surface area contributed by atoms with Gasteiger partial charge in [-0.15, -0.1) is 10.2 Å². The first-order valence-corrected chi connectivity index (χ1v) is 6.24. The summed E-state index contributed by atoms with van der Waals surface area (Å²) in [5.74, 6) is 0.763. The summed E-state index contributed by atoms with van der Waals surface area (Å²) in [5, 5.41) is 7.61. The molecule has 0 amide bonds. The van der Waals surface area contributed by atoms with E-state index in [2.05, 4.69) is 10.2 Å². The van der Waals surface area contributed by atoms with Crippen LogP contribution in [0.3, 0.4) is 0 Å². The average molecular weight is 232 g/mol. The van der Waals surface area contributed by atoms with E-state index >= 15 is 0 Å². The molecule has 0 spiro atoms. The number of carbonyl (C=O) groups is 1. The van der Waals surface area contributed by atoms with Crippen LogP contribution in [0.1, 0.15) is 19.8 Å². The van der Waals surface area contributed by atoms with E-state index in [0.717, 1.165) is 16.5 Å². The van der Waals surface area contributed by atoms with Gasteiger partial charge >= 0.3 is 5.97 Å². The van der Waals surface area contributed by atoms with Crippen LogP contribution in [-0.2, 0) is 9.53 Å². The van der Waals surface area contributed by atoms with Gasteiger partial charge in [-0.1, -0.05) is 23.1 Å². The zero-order chi connectivity index (χ0) is 10.2. The molecule has 6 heteroatoms. The quantitative estimate of drug-likeness (QED) is 0.426. The van der Waals surface area contributed by atoms with E-state index in [1.165, 1.54) is 11.3 Å². The number of esters is 1. The summed E-state index contributed by atoms with van der Waals surface area (Å²) in [5.41, 5.74) is 1.70. The van der Waals surface area contributed by atoms with Crippen molar-refractivity contribution in [3.05, 3.63) is 5.51 Å². The molecule has 0 atom stereocenters. The number of rotatable bonds is 6. The van der Waals surface area contributed by atoms with Gasteiger partial charge in [0.15, 0.2) is 4.34 Å². The van der Waals surface area contributed by atoms with Gasteiger partial charge in [0.05, 0.1) is 6.61 Å². The third-order valence-electron chi connectivity index (χ3n) is 1.40. The van der Waals surface area contributed by atoms with Gasteiger partial charge in [-0.25, -0.2) is 0 Å². The number of thioether (sulfide) groups is 1. The highest BCUT2D eigenvalue weighted by atomic mass is 32.2. The highest BCUT2D eigenvalue weighted by Gasteiger charge is 2.02. The highest BCUT2D eigenvalue weighted by molar-refractivity contribution is 8.00. The molecule has 1 aromatic heterocycles. The average Bonchev–Trinajstić information content (AvgIpc) is 2.65. The molecule has 0 fully saturated rings. The molecule has 4 nitrogen and oxygen atoms in total. The number of carbonyl (C=O) groups excluding carboxylic acids is 1. The van der Waals surface area contributed by atoms with E-state index in [1.54, 1.807) is 17.3 Å². The summed E-state index contributed by atoms with van der Waals surface area (Å²) in [6.07, 6.45) is 1.31. The number of nitrogens with zero attached hydrogens (tertiary/aromatic N) is 2. The second-order valence-electron chi connectivity index (χ2n) is 2.46. The van der Waals surface area contributed by atoms with E-state index in [9.17, 15) is 4.79 Å². The molecule has 0 saturated heterocycles. The van der Waals surface area contributed by atoms with Crippen LogP contribution in [0.5, 0.6) is 0 Å². The fourth-order valence-corrected chi connectivity index (χ4v) is 2.33. The van der Waals surface area contributed by atoms with Crippen LogP contribution >= 0.6 is 23.1 Å². The van der Waals surface area contributed by atoms with Crippen molar-refractivity contribution >= 4 is 29.1 Å². The van der Waals surface area contributed by atoms with Crippen LogP contribution in [0, 0.1) is 0 Å². The number of aromatic nitrogens is 2. The second-order valence-corrected chi connectivity index (χ2v) is 4.64. The molecule has 0 N–H and O–H groups in total. The molecule has 0 aliphatic carbocycles. The first kappa shape index (κ1) is 11.5. The zero-order valence-corrected chi connectivity index (χ0v) is 9.57. The lowest BCUT2D eigenvalue weighted by atomic mass is 10.3. The third kappa shape index (κ3) is 4.57. The predicted octanol–water partition coefficient (Wildman–Crippen LogP) is 1.97. The van der Waals surface area contributed by atoms with Crippen molar-refractivity contribution in [2.45, 2.75) is 24.1 Å². The topological polar surface area (TPSA) is 52.1 Å². The van der Waals surface area contributed by atoms with E-state index in [1.807, 2.05) is 6.92 Å². The van der Waals surface area contributed by atoms with Crippen molar-refractivity contribution in [2.24, 2.45) is 0 Å². The van der Waals surface area contributed by atoms with Gasteiger partial charge in [0.1, 0.15) is 5.51 Å². The molecule has 0 bridgehead atoms. The third-order valence-corrected chi connectivity index (χ3v) is 3.34. The maximum absolute atomic E-state index is 10.9. The van der Waals surface area contributed by atoms with Gasteiger partial charge in [0.2, 0.25) is 0 Å². The number of hydrogen-bond donors (Lipinski definition) is 0. The zero-order valence-electron chi connectivity index (χ0n) is 7.93. The fourth-order valence-electron chi connectivity index (χ4n) is 0.835. The van der Waals surface area contributed by atoms with Gasteiger partial charge in [0, 0.05) is 12.2 Å². The van der Waals surface area contributed by atoms with Crippen molar-refractivity contribution in [3.8, 4) is 0 Å². The fraction of sp³-hybridized carbons (Fsp3) is 0.625. The lowest BCUT2D eigenvalue weighted by molar-refractivity contribution is -0.143. The molecule has 0 radical (unpaired) electrons. The molecule has 0 aliphatic rings. The molecule has 78 valence electrons. The Morgan fingerprint density at radius 3 is 3.21 bits per heavy atom. The Morgan fingerprint density at radius 2 is 2.57 bits per heavy atom. The monoisotopic (exact) mass is 232 g/mol. The molecule has 1 aromatic rings. The smallest absolute Gasteiger partial charge is 0.305 e. The lowest BCUT2D eigenvalue weighted by Crippen LogP contribution is -2.03. The molecule has 0 unspecified atom stereocenters. The van der Waals surface area contributed by atoms with E-state index < -0.39 is 0 Å². The maximum Gasteiger partial charge on any atom is 0.305 e. The summed E-state index contributed by atoms with van der Waals surface area (Å²) >= 11 is 3.14.